The average molecular weight is 835 g/mol. The van der Waals surface area contributed by atoms with Crippen LogP contribution in [0.5, 0.6) is 0 Å². The predicted molar refractivity (Wildman–Crippen MR) is 252 cm³/mol. The third-order valence-electron chi connectivity index (χ3n) is 12.0. The minimum Gasteiger partial charge on any atom is -0.462 e. The van der Waals surface area contributed by atoms with Crippen LogP contribution in [-0.2, 0) is 28.6 Å². The number of unbranched alkanes of at least 4 members (excludes halogenated alkanes) is 32. The first kappa shape index (κ1) is 57.4. The van der Waals surface area contributed by atoms with Crippen molar-refractivity contribution in [3.63, 3.8) is 0 Å². The molecule has 0 aromatic carbocycles. The Kier molecular flexibility index (Phi) is 44.7. The molecule has 0 aliphatic rings. The molecular weight excluding hydrogens is 733 g/mol. The van der Waals surface area contributed by atoms with E-state index in [1.807, 2.05) is 0 Å². The second-order valence-corrected chi connectivity index (χ2v) is 19.1. The van der Waals surface area contributed by atoms with Gasteiger partial charge in [-0.25, -0.2) is 0 Å². The largest absolute Gasteiger partial charge is 0.462 e. The van der Waals surface area contributed by atoms with Crippen LogP contribution in [-0.4, -0.2) is 37.2 Å². The van der Waals surface area contributed by atoms with Crippen LogP contribution < -0.4 is 0 Å². The van der Waals surface area contributed by atoms with Crippen LogP contribution in [0.15, 0.2) is 0 Å². The van der Waals surface area contributed by atoms with Crippen molar-refractivity contribution in [3.8, 4) is 0 Å². The molecule has 0 amide bonds. The lowest BCUT2D eigenvalue weighted by molar-refractivity contribution is -0.167. The van der Waals surface area contributed by atoms with Crippen molar-refractivity contribution in [1.29, 1.82) is 0 Å². The molecule has 1 atom stereocenters. The van der Waals surface area contributed by atoms with Crippen molar-refractivity contribution in [1.82, 2.24) is 0 Å². The summed E-state index contributed by atoms with van der Waals surface area (Å²) in [5.74, 6) is 0.779. The van der Waals surface area contributed by atoms with Crippen LogP contribution in [0.4, 0.5) is 0 Å². The summed E-state index contributed by atoms with van der Waals surface area (Å²) >= 11 is 0. The minimum atomic E-state index is -0.762. The zero-order valence-corrected chi connectivity index (χ0v) is 40.4. The summed E-state index contributed by atoms with van der Waals surface area (Å²) in [6.45, 7) is 11.3. The molecule has 350 valence electrons. The monoisotopic (exact) mass is 835 g/mol. The molecule has 0 spiro atoms. The van der Waals surface area contributed by atoms with Gasteiger partial charge in [-0.2, -0.15) is 0 Å². The number of ether oxygens (including phenoxy) is 3. The van der Waals surface area contributed by atoms with Gasteiger partial charge in [-0.15, -0.1) is 0 Å². The predicted octanol–water partition coefficient (Wildman–Crippen LogP) is 16.9. The number of esters is 3. The summed E-state index contributed by atoms with van der Waals surface area (Å²) < 4.78 is 16.8. The van der Waals surface area contributed by atoms with E-state index in [0.29, 0.717) is 19.3 Å². The molecule has 0 unspecified atom stereocenters. The SMILES string of the molecule is CCCCCCCCCCCCCCCCCCC(=O)O[C@H](COC(=O)CCCCCCCCCCCCC(C)C)COC(=O)CCCCCCCCCCCC(C)C. The van der Waals surface area contributed by atoms with Gasteiger partial charge in [0.05, 0.1) is 0 Å². The van der Waals surface area contributed by atoms with E-state index in [-0.39, 0.29) is 31.1 Å². The molecule has 0 heterocycles. The zero-order valence-electron chi connectivity index (χ0n) is 40.4. The Hall–Kier alpha value is -1.59. The Labute approximate surface area is 368 Å². The first-order chi connectivity index (χ1) is 28.7. The zero-order chi connectivity index (χ0) is 43.3. The van der Waals surface area contributed by atoms with Crippen LogP contribution >= 0.6 is 0 Å². The minimum absolute atomic E-state index is 0.0640. The van der Waals surface area contributed by atoms with E-state index in [1.54, 1.807) is 0 Å². The fraction of sp³-hybridized carbons (Fsp3) is 0.943. The molecule has 0 radical (unpaired) electrons. The van der Waals surface area contributed by atoms with Crippen molar-refractivity contribution in [2.75, 3.05) is 13.2 Å². The third-order valence-corrected chi connectivity index (χ3v) is 12.0. The van der Waals surface area contributed by atoms with Gasteiger partial charge in [0.15, 0.2) is 6.10 Å². The lowest BCUT2D eigenvalue weighted by atomic mass is 10.0. The van der Waals surface area contributed by atoms with Gasteiger partial charge in [-0.3, -0.25) is 14.4 Å². The molecule has 0 aromatic heterocycles. The van der Waals surface area contributed by atoms with Crippen LogP contribution in [0.25, 0.3) is 0 Å². The quantitative estimate of drug-likeness (QED) is 0.0345. The molecule has 0 bridgehead atoms. The topological polar surface area (TPSA) is 78.9 Å². The molecule has 59 heavy (non-hydrogen) atoms. The number of carbonyl (C=O) groups is 3. The molecule has 0 saturated heterocycles. The standard InChI is InChI=1S/C53H102O6/c1-6-7-8-9-10-11-12-13-14-15-16-17-24-30-35-40-45-53(56)59-50(47-58-52(55)44-39-34-29-25-20-22-27-32-37-42-49(4)5)46-57-51(54)43-38-33-28-23-19-18-21-26-31-36-41-48(2)3/h48-50H,6-47H2,1-5H3/t50-/m1/s1. The number of rotatable bonds is 47. The number of hydrogen-bond acceptors (Lipinski definition) is 6. The summed E-state index contributed by atoms with van der Waals surface area (Å²) in [5.41, 5.74) is 0. The Morgan fingerprint density at radius 3 is 0.831 bits per heavy atom. The first-order valence-electron chi connectivity index (χ1n) is 26.2. The Bertz CT molecular complexity index is 900. The molecule has 0 aliphatic heterocycles. The molecule has 6 heteroatoms. The summed E-state index contributed by atoms with van der Waals surface area (Å²) in [5, 5.41) is 0. The van der Waals surface area contributed by atoms with Gasteiger partial charge in [0.2, 0.25) is 0 Å². The second-order valence-electron chi connectivity index (χ2n) is 19.1. The Morgan fingerprint density at radius 1 is 0.322 bits per heavy atom. The fourth-order valence-corrected chi connectivity index (χ4v) is 7.99. The lowest BCUT2D eigenvalue weighted by Gasteiger charge is -2.18. The second kappa shape index (κ2) is 45.9. The molecule has 0 aromatic rings. The molecular formula is C53H102O6. The molecule has 0 fully saturated rings. The van der Waals surface area contributed by atoms with Gasteiger partial charge < -0.3 is 14.2 Å². The summed E-state index contributed by atoms with van der Waals surface area (Å²) in [7, 11) is 0. The maximum Gasteiger partial charge on any atom is 0.306 e. The van der Waals surface area contributed by atoms with Crippen molar-refractivity contribution >= 4 is 17.9 Å². The van der Waals surface area contributed by atoms with E-state index >= 15 is 0 Å². The fourth-order valence-electron chi connectivity index (χ4n) is 7.99. The Morgan fingerprint density at radius 2 is 0.559 bits per heavy atom. The highest BCUT2D eigenvalue weighted by Crippen LogP contribution is 2.17. The molecule has 0 saturated carbocycles. The molecule has 0 N–H and O–H groups in total. The van der Waals surface area contributed by atoms with E-state index < -0.39 is 6.10 Å². The summed E-state index contributed by atoms with van der Waals surface area (Å²) in [6.07, 6.45) is 46.6. The maximum absolute atomic E-state index is 12.8. The van der Waals surface area contributed by atoms with Crippen molar-refractivity contribution < 1.29 is 28.6 Å². The third kappa shape index (κ3) is 47.3. The highest BCUT2D eigenvalue weighted by atomic mass is 16.6. The van der Waals surface area contributed by atoms with E-state index in [2.05, 4.69) is 34.6 Å². The Balaban J connectivity index is 4.31. The molecule has 0 aliphatic carbocycles. The number of carbonyl (C=O) groups excluding carboxylic acids is 3. The summed E-state index contributed by atoms with van der Waals surface area (Å²) in [6, 6.07) is 0. The number of hydrogen-bond donors (Lipinski definition) is 0. The molecule has 6 nitrogen and oxygen atoms in total. The van der Waals surface area contributed by atoms with Crippen LogP contribution in [0.2, 0.25) is 0 Å². The van der Waals surface area contributed by atoms with Gasteiger partial charge in [0.25, 0.3) is 0 Å². The lowest BCUT2D eigenvalue weighted by Crippen LogP contribution is -2.30. The van der Waals surface area contributed by atoms with E-state index in [4.69, 9.17) is 14.2 Å². The normalized spacial score (nSPS) is 12.1. The van der Waals surface area contributed by atoms with E-state index in [0.717, 1.165) is 69.6 Å². The molecule has 0 rings (SSSR count). The van der Waals surface area contributed by atoms with Gasteiger partial charge in [-0.1, -0.05) is 253 Å². The van der Waals surface area contributed by atoms with Crippen LogP contribution in [0, 0.1) is 11.8 Å². The van der Waals surface area contributed by atoms with Crippen LogP contribution in [0.1, 0.15) is 291 Å². The van der Waals surface area contributed by atoms with Crippen LogP contribution in [0.3, 0.4) is 0 Å². The van der Waals surface area contributed by atoms with Crippen molar-refractivity contribution in [2.45, 2.75) is 298 Å². The van der Waals surface area contributed by atoms with Crippen molar-refractivity contribution in [3.05, 3.63) is 0 Å². The highest BCUT2D eigenvalue weighted by molar-refractivity contribution is 5.71. The maximum atomic E-state index is 12.8. The smallest absolute Gasteiger partial charge is 0.306 e. The average Bonchev–Trinajstić information content (AvgIpc) is 3.20. The van der Waals surface area contributed by atoms with Crippen molar-refractivity contribution in [2.24, 2.45) is 11.8 Å². The van der Waals surface area contributed by atoms with E-state index in [1.165, 1.54) is 180 Å². The van der Waals surface area contributed by atoms with Gasteiger partial charge in [0.1, 0.15) is 13.2 Å². The summed E-state index contributed by atoms with van der Waals surface area (Å²) in [4.78, 5) is 37.9. The van der Waals surface area contributed by atoms with E-state index in [9.17, 15) is 14.4 Å². The highest BCUT2D eigenvalue weighted by Gasteiger charge is 2.19. The first-order valence-corrected chi connectivity index (χ1v) is 26.2. The van der Waals surface area contributed by atoms with Gasteiger partial charge >= 0.3 is 17.9 Å². The van der Waals surface area contributed by atoms with Gasteiger partial charge in [0, 0.05) is 19.3 Å². The van der Waals surface area contributed by atoms with Gasteiger partial charge in [-0.05, 0) is 31.1 Å².